The molecule has 0 saturated carbocycles. The molecule has 0 aliphatic carbocycles. The van der Waals surface area contributed by atoms with Gasteiger partial charge in [-0.05, 0) is 54.6 Å². The highest BCUT2D eigenvalue weighted by Gasteiger charge is 2.15. The first-order valence-corrected chi connectivity index (χ1v) is 7.59. The Bertz CT molecular complexity index is 793. The second-order valence-corrected chi connectivity index (χ2v) is 5.85. The van der Waals surface area contributed by atoms with Gasteiger partial charge in [-0.2, -0.15) is 0 Å². The van der Waals surface area contributed by atoms with Crippen molar-refractivity contribution in [2.45, 2.75) is 0 Å². The summed E-state index contributed by atoms with van der Waals surface area (Å²) in [6.45, 7) is 0. The van der Waals surface area contributed by atoms with Crippen LogP contribution in [0.15, 0.2) is 60.8 Å². The Morgan fingerprint density at radius 2 is 1.17 bits per heavy atom. The summed E-state index contributed by atoms with van der Waals surface area (Å²) < 4.78 is 0. The zero-order valence-electron chi connectivity index (χ0n) is 11.8. The predicted molar refractivity (Wildman–Crippen MR) is 90.6 cm³/mol. The topological polar surface area (TPSA) is 49.9 Å². The first-order chi connectivity index (χ1) is 11.0. The number of hydrogen-bond acceptors (Lipinski definition) is 2. The fourth-order valence-electron chi connectivity index (χ4n) is 2.18. The highest BCUT2D eigenvalue weighted by atomic mass is 35.5. The monoisotopic (exact) mass is 343 g/mol. The van der Waals surface area contributed by atoms with Crippen molar-refractivity contribution >= 4 is 34.8 Å². The van der Waals surface area contributed by atoms with Crippen LogP contribution in [0.5, 0.6) is 0 Å². The molecule has 0 aliphatic heterocycles. The molecule has 0 bridgehead atoms. The largest absolute Gasteiger partial charge is 0.358 e. The zero-order chi connectivity index (χ0) is 16.4. The molecule has 1 N–H and O–H groups in total. The minimum absolute atomic E-state index is 0.173. The van der Waals surface area contributed by atoms with Gasteiger partial charge in [0.15, 0.2) is 5.78 Å². The van der Waals surface area contributed by atoms with Crippen molar-refractivity contribution in [1.82, 2.24) is 4.98 Å². The van der Waals surface area contributed by atoms with E-state index in [1.54, 1.807) is 54.6 Å². The maximum atomic E-state index is 12.4. The second kappa shape index (κ2) is 6.41. The second-order valence-electron chi connectivity index (χ2n) is 4.97. The molecule has 5 heteroatoms. The van der Waals surface area contributed by atoms with Crippen molar-refractivity contribution in [3.63, 3.8) is 0 Å². The summed E-state index contributed by atoms with van der Waals surface area (Å²) >= 11 is 11.6. The molecule has 0 saturated heterocycles. The zero-order valence-corrected chi connectivity index (χ0v) is 13.4. The van der Waals surface area contributed by atoms with Gasteiger partial charge in [-0.1, -0.05) is 23.2 Å². The number of rotatable bonds is 4. The molecule has 3 rings (SSSR count). The number of nitrogens with one attached hydrogen (secondary N) is 1. The van der Waals surface area contributed by atoms with Crippen molar-refractivity contribution in [1.29, 1.82) is 0 Å². The van der Waals surface area contributed by atoms with Gasteiger partial charge in [0.2, 0.25) is 5.78 Å². The average Bonchev–Trinajstić information content (AvgIpc) is 3.05. The van der Waals surface area contributed by atoms with Crippen molar-refractivity contribution in [3.8, 4) is 0 Å². The van der Waals surface area contributed by atoms with Crippen LogP contribution in [0, 0.1) is 0 Å². The summed E-state index contributed by atoms with van der Waals surface area (Å²) in [4.78, 5) is 27.6. The number of hydrogen-bond donors (Lipinski definition) is 1. The Hall–Kier alpha value is -2.36. The molecule has 114 valence electrons. The van der Waals surface area contributed by atoms with Crippen LogP contribution in [0.3, 0.4) is 0 Å². The molecule has 3 aromatic rings. The Balaban J connectivity index is 1.85. The lowest BCUT2D eigenvalue weighted by Gasteiger charge is -1.99. The lowest BCUT2D eigenvalue weighted by atomic mass is 10.0. The molecule has 0 radical (unpaired) electrons. The quantitative estimate of drug-likeness (QED) is 0.692. The highest BCUT2D eigenvalue weighted by molar-refractivity contribution is 6.31. The number of benzene rings is 2. The summed E-state index contributed by atoms with van der Waals surface area (Å²) in [5.41, 5.74) is 1.79. The number of halogens is 2. The Morgan fingerprint density at radius 3 is 1.70 bits per heavy atom. The van der Waals surface area contributed by atoms with E-state index >= 15 is 0 Å². The van der Waals surface area contributed by atoms with E-state index in [9.17, 15) is 9.59 Å². The number of aromatic amines is 1. The summed E-state index contributed by atoms with van der Waals surface area (Å²) in [6.07, 6.45) is 1.53. The number of aromatic nitrogens is 1. The fraction of sp³-hybridized carbons (Fsp3) is 0. The van der Waals surface area contributed by atoms with E-state index in [4.69, 9.17) is 23.2 Å². The first kappa shape index (κ1) is 15.5. The van der Waals surface area contributed by atoms with Crippen LogP contribution in [-0.2, 0) is 0 Å². The molecule has 0 atom stereocenters. The van der Waals surface area contributed by atoms with Gasteiger partial charge in [0.05, 0.1) is 5.69 Å². The third-order valence-electron chi connectivity index (χ3n) is 3.40. The first-order valence-electron chi connectivity index (χ1n) is 6.83. The third kappa shape index (κ3) is 3.36. The number of ketones is 2. The smallest absolute Gasteiger partial charge is 0.209 e. The van der Waals surface area contributed by atoms with Crippen LogP contribution in [0.1, 0.15) is 32.0 Å². The SMILES string of the molecule is O=C(c1ccc(Cl)cc1)c1c[nH]c(C(=O)c2ccc(Cl)cc2)c1. The van der Waals surface area contributed by atoms with Crippen molar-refractivity contribution in [2.75, 3.05) is 0 Å². The lowest BCUT2D eigenvalue weighted by Crippen LogP contribution is -2.02. The Morgan fingerprint density at radius 1 is 0.696 bits per heavy atom. The molecule has 1 heterocycles. The van der Waals surface area contributed by atoms with E-state index in [1.165, 1.54) is 6.20 Å². The summed E-state index contributed by atoms with van der Waals surface area (Å²) in [5.74, 6) is -0.370. The summed E-state index contributed by atoms with van der Waals surface area (Å²) in [7, 11) is 0. The third-order valence-corrected chi connectivity index (χ3v) is 3.91. The predicted octanol–water partition coefficient (Wildman–Crippen LogP) is 4.78. The standard InChI is InChI=1S/C18H11Cl2NO2/c19-14-5-1-11(2-6-14)17(22)13-9-16(21-10-13)18(23)12-3-7-15(20)8-4-12/h1-10,21H. The molecule has 0 spiro atoms. The maximum absolute atomic E-state index is 12.4. The maximum Gasteiger partial charge on any atom is 0.209 e. The molecule has 23 heavy (non-hydrogen) atoms. The van der Waals surface area contributed by atoms with Gasteiger partial charge in [0.25, 0.3) is 0 Å². The van der Waals surface area contributed by atoms with Gasteiger partial charge < -0.3 is 4.98 Å². The van der Waals surface area contributed by atoms with Gasteiger partial charge in [-0.25, -0.2) is 0 Å². The van der Waals surface area contributed by atoms with Gasteiger partial charge >= 0.3 is 0 Å². The molecular formula is C18H11Cl2NO2. The van der Waals surface area contributed by atoms with Crippen LogP contribution >= 0.6 is 23.2 Å². The molecular weight excluding hydrogens is 333 g/mol. The minimum atomic E-state index is -0.197. The van der Waals surface area contributed by atoms with Crippen LogP contribution in [0.25, 0.3) is 0 Å². The average molecular weight is 344 g/mol. The molecule has 1 aromatic heterocycles. The van der Waals surface area contributed by atoms with Crippen molar-refractivity contribution in [2.24, 2.45) is 0 Å². The van der Waals surface area contributed by atoms with Gasteiger partial charge in [-0.3, -0.25) is 9.59 Å². The van der Waals surface area contributed by atoms with E-state index in [2.05, 4.69) is 4.98 Å². The van der Waals surface area contributed by atoms with Crippen LogP contribution in [0.2, 0.25) is 10.0 Å². The minimum Gasteiger partial charge on any atom is -0.358 e. The van der Waals surface area contributed by atoms with Crippen LogP contribution in [-0.4, -0.2) is 16.6 Å². The Labute approximate surface area is 142 Å². The summed E-state index contributed by atoms with van der Waals surface area (Å²) in [6, 6.07) is 14.8. The molecule has 0 unspecified atom stereocenters. The normalized spacial score (nSPS) is 10.5. The molecule has 0 amide bonds. The fourth-order valence-corrected chi connectivity index (χ4v) is 2.43. The molecule has 0 fully saturated rings. The van der Waals surface area contributed by atoms with E-state index in [0.29, 0.717) is 32.4 Å². The molecule has 0 aliphatic rings. The van der Waals surface area contributed by atoms with Crippen LogP contribution < -0.4 is 0 Å². The van der Waals surface area contributed by atoms with E-state index in [-0.39, 0.29) is 11.6 Å². The summed E-state index contributed by atoms with van der Waals surface area (Å²) in [5, 5.41) is 1.13. The lowest BCUT2D eigenvalue weighted by molar-refractivity contribution is 0.103. The van der Waals surface area contributed by atoms with Gasteiger partial charge in [0, 0.05) is 32.9 Å². The van der Waals surface area contributed by atoms with E-state index in [0.717, 1.165) is 0 Å². The van der Waals surface area contributed by atoms with Gasteiger partial charge in [0.1, 0.15) is 0 Å². The number of H-pyrrole nitrogens is 1. The van der Waals surface area contributed by atoms with Gasteiger partial charge in [-0.15, -0.1) is 0 Å². The van der Waals surface area contributed by atoms with Crippen LogP contribution in [0.4, 0.5) is 0 Å². The molecule has 3 nitrogen and oxygen atoms in total. The van der Waals surface area contributed by atoms with Crippen molar-refractivity contribution in [3.05, 3.63) is 93.2 Å². The number of carbonyl (C=O) groups is 2. The van der Waals surface area contributed by atoms with E-state index in [1.807, 2.05) is 0 Å². The molecule has 2 aromatic carbocycles. The van der Waals surface area contributed by atoms with Crippen molar-refractivity contribution < 1.29 is 9.59 Å². The highest BCUT2D eigenvalue weighted by Crippen LogP contribution is 2.17. The number of carbonyl (C=O) groups excluding carboxylic acids is 2. The Kier molecular flexibility index (Phi) is 4.33. The van der Waals surface area contributed by atoms with E-state index < -0.39 is 0 Å².